The first-order valence-corrected chi connectivity index (χ1v) is 9.90. The Hall–Kier alpha value is -2.63. The lowest BCUT2D eigenvalue weighted by molar-refractivity contribution is 0.127. The zero-order valence-electron chi connectivity index (χ0n) is 15.5. The standard InChI is InChI=1S/C22H22F2N2O2/c23-17-5-3-6-18(24)20(17)14-10-13-4-1-2-8-26-19-7-9-25(22(27)28)12-16(19)15(11-14)21(13)26/h3,5-6,10-11,16,19H,1-2,4,7-9,12H2,(H,27,28)/t16-,19-/m0/s1. The van der Waals surface area contributed by atoms with Crippen LogP contribution in [0.2, 0.25) is 0 Å². The molecular formula is C22H22F2N2O2. The third-order valence-corrected chi connectivity index (χ3v) is 6.50. The highest BCUT2D eigenvalue weighted by Gasteiger charge is 2.44. The normalized spacial score (nSPS) is 23.2. The van der Waals surface area contributed by atoms with E-state index in [4.69, 9.17) is 0 Å². The molecule has 3 aliphatic heterocycles. The van der Waals surface area contributed by atoms with E-state index in [0.29, 0.717) is 18.7 Å². The molecule has 2 aromatic rings. The summed E-state index contributed by atoms with van der Waals surface area (Å²) < 4.78 is 28.9. The van der Waals surface area contributed by atoms with Crippen LogP contribution in [-0.4, -0.2) is 41.8 Å². The van der Waals surface area contributed by atoms with Gasteiger partial charge in [0.25, 0.3) is 0 Å². The van der Waals surface area contributed by atoms with Crippen LogP contribution in [0, 0.1) is 11.6 Å². The number of halogens is 2. The van der Waals surface area contributed by atoms with Gasteiger partial charge < -0.3 is 14.9 Å². The summed E-state index contributed by atoms with van der Waals surface area (Å²) in [5.41, 5.74) is 3.92. The molecule has 28 heavy (non-hydrogen) atoms. The number of hydrogen-bond acceptors (Lipinski definition) is 2. The first kappa shape index (κ1) is 17.5. The van der Waals surface area contributed by atoms with Gasteiger partial charge in [-0.3, -0.25) is 0 Å². The number of aryl methyl sites for hydroxylation is 1. The van der Waals surface area contributed by atoms with Gasteiger partial charge in [0.1, 0.15) is 11.6 Å². The molecule has 0 radical (unpaired) electrons. The Morgan fingerprint density at radius 2 is 1.89 bits per heavy atom. The van der Waals surface area contributed by atoms with Gasteiger partial charge in [-0.05, 0) is 66.6 Å². The van der Waals surface area contributed by atoms with E-state index < -0.39 is 17.7 Å². The van der Waals surface area contributed by atoms with Gasteiger partial charge in [0.2, 0.25) is 0 Å². The second-order valence-electron chi connectivity index (χ2n) is 8.01. The minimum atomic E-state index is -0.901. The molecular weight excluding hydrogens is 362 g/mol. The highest BCUT2D eigenvalue weighted by molar-refractivity contribution is 5.77. The summed E-state index contributed by atoms with van der Waals surface area (Å²) >= 11 is 0. The van der Waals surface area contributed by atoms with E-state index in [1.54, 1.807) is 0 Å². The van der Waals surface area contributed by atoms with Crippen molar-refractivity contribution in [2.24, 2.45) is 0 Å². The SMILES string of the molecule is O=C(O)N1CC[C@H]2[C@@H](C1)c1cc(-c3c(F)cccc3F)cc3c1N2CCCC3. The lowest BCUT2D eigenvalue weighted by Gasteiger charge is -2.37. The number of rotatable bonds is 1. The summed E-state index contributed by atoms with van der Waals surface area (Å²) in [6.45, 7) is 1.93. The number of hydrogen-bond donors (Lipinski definition) is 1. The Bertz CT molecular complexity index is 942. The number of nitrogens with zero attached hydrogens (tertiary/aromatic N) is 2. The summed E-state index contributed by atoms with van der Waals surface area (Å²) in [6, 6.07) is 8.04. The lowest BCUT2D eigenvalue weighted by Crippen LogP contribution is -2.48. The van der Waals surface area contributed by atoms with Crippen LogP contribution >= 0.6 is 0 Å². The van der Waals surface area contributed by atoms with E-state index in [1.165, 1.54) is 28.8 Å². The number of likely N-dealkylation sites (tertiary alicyclic amines) is 1. The second kappa shape index (κ2) is 6.47. The lowest BCUT2D eigenvalue weighted by atomic mass is 9.86. The minimum Gasteiger partial charge on any atom is -0.465 e. The summed E-state index contributed by atoms with van der Waals surface area (Å²) in [5.74, 6) is -1.09. The van der Waals surface area contributed by atoms with Crippen LogP contribution < -0.4 is 4.90 Å². The molecule has 3 heterocycles. The van der Waals surface area contributed by atoms with Crippen LogP contribution in [0.15, 0.2) is 30.3 Å². The predicted octanol–water partition coefficient (Wildman–Crippen LogP) is 4.62. The molecule has 0 saturated carbocycles. The van der Waals surface area contributed by atoms with Crippen LogP contribution in [0.3, 0.4) is 0 Å². The largest absolute Gasteiger partial charge is 0.465 e. The van der Waals surface area contributed by atoms with Crippen molar-refractivity contribution < 1.29 is 18.7 Å². The quantitative estimate of drug-likeness (QED) is 0.780. The third kappa shape index (κ3) is 2.58. The van der Waals surface area contributed by atoms with Crippen molar-refractivity contribution in [1.82, 2.24) is 4.90 Å². The third-order valence-electron chi connectivity index (χ3n) is 6.50. The molecule has 0 spiro atoms. The van der Waals surface area contributed by atoms with Crippen molar-refractivity contribution in [3.05, 3.63) is 53.1 Å². The molecule has 1 saturated heterocycles. The zero-order valence-corrected chi connectivity index (χ0v) is 15.5. The Balaban J connectivity index is 1.68. The molecule has 1 N–H and O–H groups in total. The number of carbonyl (C=O) groups is 1. The van der Waals surface area contributed by atoms with Crippen molar-refractivity contribution in [2.45, 2.75) is 37.6 Å². The molecule has 2 atom stereocenters. The maximum atomic E-state index is 14.5. The molecule has 1 amide bonds. The van der Waals surface area contributed by atoms with Gasteiger partial charge in [-0.25, -0.2) is 13.6 Å². The fraction of sp³-hybridized carbons (Fsp3) is 0.409. The van der Waals surface area contributed by atoms with Gasteiger partial charge in [0, 0.05) is 37.3 Å². The van der Waals surface area contributed by atoms with Gasteiger partial charge in [0.15, 0.2) is 0 Å². The topological polar surface area (TPSA) is 43.8 Å². The summed E-state index contributed by atoms with van der Waals surface area (Å²) in [5, 5.41) is 9.46. The van der Waals surface area contributed by atoms with E-state index in [9.17, 15) is 18.7 Å². The first-order chi connectivity index (χ1) is 13.5. The number of piperidine rings is 1. The van der Waals surface area contributed by atoms with Gasteiger partial charge in [-0.1, -0.05) is 6.07 Å². The van der Waals surface area contributed by atoms with E-state index in [2.05, 4.69) is 4.90 Å². The molecule has 5 rings (SSSR count). The number of amides is 1. The van der Waals surface area contributed by atoms with Gasteiger partial charge in [-0.2, -0.15) is 0 Å². The predicted molar refractivity (Wildman–Crippen MR) is 103 cm³/mol. The van der Waals surface area contributed by atoms with E-state index in [1.807, 2.05) is 12.1 Å². The van der Waals surface area contributed by atoms with Gasteiger partial charge in [-0.15, -0.1) is 0 Å². The highest BCUT2D eigenvalue weighted by Crippen LogP contribution is 2.49. The van der Waals surface area contributed by atoms with Crippen LogP contribution in [0.25, 0.3) is 11.1 Å². The molecule has 0 aliphatic carbocycles. The molecule has 4 nitrogen and oxygen atoms in total. The van der Waals surface area contributed by atoms with Gasteiger partial charge >= 0.3 is 6.09 Å². The fourth-order valence-electron chi connectivity index (χ4n) is 5.29. The molecule has 146 valence electrons. The summed E-state index contributed by atoms with van der Waals surface area (Å²) in [6.07, 6.45) is 2.88. The second-order valence-corrected chi connectivity index (χ2v) is 8.01. The fourth-order valence-corrected chi connectivity index (χ4v) is 5.29. The Kier molecular flexibility index (Phi) is 4.03. The highest BCUT2D eigenvalue weighted by atomic mass is 19.1. The molecule has 0 aromatic heterocycles. The number of carboxylic acid groups (broad SMARTS) is 1. The minimum absolute atomic E-state index is 0.00620. The average molecular weight is 384 g/mol. The molecule has 0 bridgehead atoms. The zero-order chi connectivity index (χ0) is 19.4. The van der Waals surface area contributed by atoms with Gasteiger partial charge in [0.05, 0.1) is 5.56 Å². The Morgan fingerprint density at radius 3 is 2.64 bits per heavy atom. The first-order valence-electron chi connectivity index (χ1n) is 9.90. The average Bonchev–Trinajstić information content (AvgIpc) is 2.82. The van der Waals surface area contributed by atoms with Crippen LogP contribution in [-0.2, 0) is 6.42 Å². The number of anilines is 1. The van der Waals surface area contributed by atoms with Crippen molar-refractivity contribution in [2.75, 3.05) is 24.5 Å². The number of fused-ring (bicyclic) bond motifs is 3. The molecule has 1 fully saturated rings. The smallest absolute Gasteiger partial charge is 0.407 e. The molecule has 2 aromatic carbocycles. The molecule has 6 heteroatoms. The number of benzene rings is 2. The summed E-state index contributed by atoms with van der Waals surface area (Å²) in [4.78, 5) is 15.4. The van der Waals surface area contributed by atoms with Crippen LogP contribution in [0.4, 0.5) is 19.3 Å². The van der Waals surface area contributed by atoms with Crippen molar-refractivity contribution in [1.29, 1.82) is 0 Å². The Labute approximate surface area is 162 Å². The van der Waals surface area contributed by atoms with Crippen molar-refractivity contribution in [3.8, 4) is 11.1 Å². The van der Waals surface area contributed by atoms with E-state index in [-0.39, 0.29) is 17.5 Å². The van der Waals surface area contributed by atoms with E-state index >= 15 is 0 Å². The van der Waals surface area contributed by atoms with Crippen LogP contribution in [0.1, 0.15) is 36.3 Å². The van der Waals surface area contributed by atoms with Crippen LogP contribution in [0.5, 0.6) is 0 Å². The monoisotopic (exact) mass is 384 g/mol. The Morgan fingerprint density at radius 1 is 1.11 bits per heavy atom. The van der Waals surface area contributed by atoms with Crippen molar-refractivity contribution >= 4 is 11.8 Å². The molecule has 3 aliphatic rings. The molecule has 0 unspecified atom stereocenters. The maximum Gasteiger partial charge on any atom is 0.407 e. The maximum absolute atomic E-state index is 14.5. The summed E-state index contributed by atoms with van der Waals surface area (Å²) in [7, 11) is 0. The van der Waals surface area contributed by atoms with Crippen molar-refractivity contribution in [3.63, 3.8) is 0 Å². The van der Waals surface area contributed by atoms with E-state index in [0.717, 1.165) is 43.4 Å².